The van der Waals surface area contributed by atoms with Gasteiger partial charge in [-0.3, -0.25) is 4.79 Å². The number of carbonyl (C=O) groups excluding carboxylic acids is 1. The van der Waals surface area contributed by atoms with E-state index in [1.807, 2.05) is 6.07 Å². The van der Waals surface area contributed by atoms with Crippen LogP contribution in [0.25, 0.3) is 0 Å². The van der Waals surface area contributed by atoms with Crippen LogP contribution in [0, 0.1) is 6.92 Å². The molecule has 0 unspecified atom stereocenters. The summed E-state index contributed by atoms with van der Waals surface area (Å²) in [5.41, 5.74) is 2.88. The van der Waals surface area contributed by atoms with Gasteiger partial charge < -0.3 is 9.88 Å². The van der Waals surface area contributed by atoms with Crippen LogP contribution in [0.2, 0.25) is 10.2 Å². The molecule has 0 aliphatic heterocycles. The fourth-order valence-electron chi connectivity index (χ4n) is 2.04. The van der Waals surface area contributed by atoms with Crippen molar-refractivity contribution in [2.24, 2.45) is 7.05 Å². The fraction of sp³-hybridized carbons (Fsp3) is 0.267. The van der Waals surface area contributed by atoms with Crippen molar-refractivity contribution in [2.45, 2.75) is 13.3 Å². The van der Waals surface area contributed by atoms with Crippen LogP contribution in [0.15, 0.2) is 30.3 Å². The first-order chi connectivity index (χ1) is 9.49. The summed E-state index contributed by atoms with van der Waals surface area (Å²) in [6, 6.07) is 9.81. The summed E-state index contributed by atoms with van der Waals surface area (Å²) in [6.07, 6.45) is 0.791. The van der Waals surface area contributed by atoms with Gasteiger partial charge in [0.05, 0.1) is 5.02 Å². The first-order valence-electron chi connectivity index (χ1n) is 6.33. The Morgan fingerprint density at radius 2 is 2.05 bits per heavy atom. The molecular formula is C15H16Cl2N2O. The molecule has 1 amide bonds. The van der Waals surface area contributed by atoms with Crippen LogP contribution in [0.5, 0.6) is 0 Å². The van der Waals surface area contributed by atoms with E-state index in [9.17, 15) is 4.79 Å². The molecule has 2 aromatic rings. The van der Waals surface area contributed by atoms with Crippen molar-refractivity contribution in [2.75, 3.05) is 6.54 Å². The number of carbonyl (C=O) groups is 1. The van der Waals surface area contributed by atoms with E-state index in [0.29, 0.717) is 22.4 Å². The molecule has 1 N–H and O–H groups in total. The molecule has 0 fully saturated rings. The van der Waals surface area contributed by atoms with Crippen molar-refractivity contribution in [3.05, 3.63) is 57.3 Å². The molecule has 1 aromatic carbocycles. The van der Waals surface area contributed by atoms with Crippen LogP contribution in [0.4, 0.5) is 0 Å². The molecule has 0 saturated carbocycles. The highest BCUT2D eigenvalue weighted by atomic mass is 35.5. The average molecular weight is 311 g/mol. The Morgan fingerprint density at radius 1 is 1.30 bits per heavy atom. The van der Waals surface area contributed by atoms with Gasteiger partial charge in [-0.2, -0.15) is 0 Å². The second-order valence-corrected chi connectivity index (χ2v) is 5.49. The molecule has 3 nitrogen and oxygen atoms in total. The van der Waals surface area contributed by atoms with Crippen LogP contribution in [-0.2, 0) is 13.5 Å². The number of halogens is 2. The van der Waals surface area contributed by atoms with Gasteiger partial charge in [0.25, 0.3) is 5.91 Å². The van der Waals surface area contributed by atoms with Crippen molar-refractivity contribution >= 4 is 29.1 Å². The summed E-state index contributed by atoms with van der Waals surface area (Å²) < 4.78 is 1.58. The normalized spacial score (nSPS) is 10.6. The molecule has 1 heterocycles. The maximum atomic E-state index is 12.0. The van der Waals surface area contributed by atoms with E-state index in [1.165, 1.54) is 11.1 Å². The zero-order valence-electron chi connectivity index (χ0n) is 11.4. The van der Waals surface area contributed by atoms with Gasteiger partial charge in [0.2, 0.25) is 0 Å². The van der Waals surface area contributed by atoms with E-state index < -0.39 is 0 Å². The second kappa shape index (κ2) is 6.33. The molecule has 20 heavy (non-hydrogen) atoms. The molecule has 2 rings (SSSR count). The monoisotopic (exact) mass is 310 g/mol. The number of aryl methyl sites for hydroxylation is 1. The Labute approximate surface area is 128 Å². The minimum absolute atomic E-state index is 0.172. The number of benzene rings is 1. The number of hydrogen-bond acceptors (Lipinski definition) is 1. The first-order valence-corrected chi connectivity index (χ1v) is 7.09. The number of nitrogens with one attached hydrogen (secondary N) is 1. The molecule has 0 spiro atoms. The Bertz CT molecular complexity index is 635. The van der Waals surface area contributed by atoms with E-state index in [4.69, 9.17) is 23.2 Å². The van der Waals surface area contributed by atoms with Gasteiger partial charge in [0, 0.05) is 13.6 Å². The number of rotatable bonds is 4. The Balaban J connectivity index is 1.94. The summed E-state index contributed by atoms with van der Waals surface area (Å²) in [4.78, 5) is 12.0. The minimum atomic E-state index is -0.172. The summed E-state index contributed by atoms with van der Waals surface area (Å²) in [5.74, 6) is -0.172. The van der Waals surface area contributed by atoms with Crippen molar-refractivity contribution < 1.29 is 4.79 Å². The van der Waals surface area contributed by atoms with Gasteiger partial charge in [-0.05, 0) is 25.0 Å². The molecule has 5 heteroatoms. The van der Waals surface area contributed by atoms with Crippen molar-refractivity contribution in [1.82, 2.24) is 9.88 Å². The van der Waals surface area contributed by atoms with Crippen LogP contribution < -0.4 is 5.32 Å². The van der Waals surface area contributed by atoms with Gasteiger partial charge in [0.15, 0.2) is 0 Å². The average Bonchev–Trinajstić information content (AvgIpc) is 2.66. The minimum Gasteiger partial charge on any atom is -0.350 e. The topological polar surface area (TPSA) is 34.0 Å². The Hall–Kier alpha value is -1.45. The Kier molecular flexibility index (Phi) is 4.73. The van der Waals surface area contributed by atoms with E-state index in [-0.39, 0.29) is 5.91 Å². The quantitative estimate of drug-likeness (QED) is 0.919. The summed E-state index contributed by atoms with van der Waals surface area (Å²) in [6.45, 7) is 2.62. The molecule has 0 radical (unpaired) electrons. The highest BCUT2D eigenvalue weighted by Gasteiger charge is 2.15. The van der Waals surface area contributed by atoms with E-state index >= 15 is 0 Å². The van der Waals surface area contributed by atoms with Crippen LogP contribution in [-0.4, -0.2) is 17.0 Å². The third-order valence-corrected chi connectivity index (χ3v) is 3.97. The highest BCUT2D eigenvalue weighted by molar-refractivity contribution is 6.41. The highest BCUT2D eigenvalue weighted by Crippen LogP contribution is 2.24. The summed E-state index contributed by atoms with van der Waals surface area (Å²) in [5, 5.41) is 3.63. The van der Waals surface area contributed by atoms with E-state index in [1.54, 1.807) is 17.7 Å². The number of nitrogens with zero attached hydrogens (tertiary/aromatic N) is 1. The number of aromatic nitrogens is 1. The molecular weight excluding hydrogens is 295 g/mol. The van der Waals surface area contributed by atoms with Gasteiger partial charge in [0.1, 0.15) is 10.8 Å². The van der Waals surface area contributed by atoms with Crippen molar-refractivity contribution in [1.29, 1.82) is 0 Å². The third-order valence-electron chi connectivity index (χ3n) is 3.13. The molecule has 0 atom stereocenters. The lowest BCUT2D eigenvalue weighted by Crippen LogP contribution is -2.27. The third kappa shape index (κ3) is 3.35. The van der Waals surface area contributed by atoms with Crippen molar-refractivity contribution in [3.8, 4) is 0 Å². The predicted octanol–water partition coefficient (Wildman–Crippen LogP) is 3.61. The van der Waals surface area contributed by atoms with Gasteiger partial charge in [-0.25, -0.2) is 0 Å². The zero-order valence-corrected chi connectivity index (χ0v) is 12.9. The molecule has 1 aromatic heterocycles. The van der Waals surface area contributed by atoms with Crippen LogP contribution in [0.3, 0.4) is 0 Å². The standard InChI is InChI=1S/C15H16Cl2N2O/c1-10-4-3-5-11(8-10)6-7-18-15(20)13-9-12(16)14(17)19(13)2/h3-5,8-9H,6-7H2,1-2H3,(H,18,20). The fourth-order valence-corrected chi connectivity index (χ4v) is 2.41. The summed E-state index contributed by atoms with van der Waals surface area (Å²) >= 11 is 11.8. The predicted molar refractivity (Wildman–Crippen MR) is 82.6 cm³/mol. The van der Waals surface area contributed by atoms with Gasteiger partial charge in [-0.15, -0.1) is 0 Å². The van der Waals surface area contributed by atoms with E-state index in [2.05, 4.69) is 30.4 Å². The molecule has 106 valence electrons. The molecule has 0 aliphatic rings. The molecule has 0 bridgehead atoms. The lowest BCUT2D eigenvalue weighted by Gasteiger charge is -2.07. The van der Waals surface area contributed by atoms with Gasteiger partial charge in [-0.1, -0.05) is 53.0 Å². The summed E-state index contributed by atoms with van der Waals surface area (Å²) in [7, 11) is 1.71. The van der Waals surface area contributed by atoms with E-state index in [0.717, 1.165) is 6.42 Å². The lowest BCUT2D eigenvalue weighted by molar-refractivity contribution is 0.0946. The Morgan fingerprint density at radius 3 is 2.65 bits per heavy atom. The number of amides is 1. The first kappa shape index (κ1) is 14.9. The smallest absolute Gasteiger partial charge is 0.268 e. The zero-order chi connectivity index (χ0) is 14.7. The molecule has 0 aliphatic carbocycles. The largest absolute Gasteiger partial charge is 0.350 e. The van der Waals surface area contributed by atoms with Crippen LogP contribution in [0.1, 0.15) is 21.6 Å². The SMILES string of the molecule is Cc1cccc(CCNC(=O)c2cc(Cl)c(Cl)n2C)c1. The van der Waals surface area contributed by atoms with Crippen LogP contribution >= 0.6 is 23.2 Å². The maximum absolute atomic E-state index is 12.0. The molecule has 0 saturated heterocycles. The number of hydrogen-bond donors (Lipinski definition) is 1. The van der Waals surface area contributed by atoms with Gasteiger partial charge >= 0.3 is 0 Å². The second-order valence-electron chi connectivity index (χ2n) is 4.72. The lowest BCUT2D eigenvalue weighted by atomic mass is 10.1. The maximum Gasteiger partial charge on any atom is 0.268 e. The van der Waals surface area contributed by atoms with Crippen molar-refractivity contribution in [3.63, 3.8) is 0 Å².